The van der Waals surface area contributed by atoms with Gasteiger partial charge < -0.3 is 14.5 Å². The van der Waals surface area contributed by atoms with Crippen LogP contribution in [0.3, 0.4) is 0 Å². The zero-order valence-corrected chi connectivity index (χ0v) is 20.6. The second kappa shape index (κ2) is 9.43. The van der Waals surface area contributed by atoms with Crippen LogP contribution in [0.25, 0.3) is 5.65 Å². The molecule has 4 heterocycles. The molecule has 33 heavy (non-hydrogen) atoms. The van der Waals surface area contributed by atoms with E-state index in [0.717, 1.165) is 60.8 Å². The van der Waals surface area contributed by atoms with Crippen LogP contribution >= 0.6 is 23.5 Å². The van der Waals surface area contributed by atoms with Gasteiger partial charge in [-0.05, 0) is 57.2 Å². The highest BCUT2D eigenvalue weighted by Crippen LogP contribution is 2.34. The number of aromatic nitrogens is 3. The number of hydrogen-bond donors (Lipinski definition) is 1. The molecular formula is C24H29ClN6OS. The van der Waals surface area contributed by atoms with Gasteiger partial charge in [-0.3, -0.25) is 4.79 Å². The van der Waals surface area contributed by atoms with Crippen LogP contribution in [-0.2, 0) is 0 Å². The maximum atomic E-state index is 13.7. The van der Waals surface area contributed by atoms with Crippen molar-refractivity contribution in [1.29, 1.82) is 0 Å². The van der Waals surface area contributed by atoms with Crippen molar-refractivity contribution in [3.05, 3.63) is 52.3 Å². The highest BCUT2D eigenvalue weighted by molar-refractivity contribution is 7.99. The van der Waals surface area contributed by atoms with Gasteiger partial charge in [0.05, 0.1) is 23.0 Å². The number of carbonyl (C=O) groups excluding carboxylic acids is 1. The van der Waals surface area contributed by atoms with Crippen LogP contribution < -0.4 is 9.62 Å². The van der Waals surface area contributed by atoms with Crippen LogP contribution in [0.15, 0.2) is 30.5 Å². The minimum Gasteiger partial charge on any atom is -0.356 e. The molecule has 2 saturated heterocycles. The van der Waals surface area contributed by atoms with Crippen molar-refractivity contribution in [3.8, 4) is 0 Å². The number of likely N-dealkylation sites (tertiary alicyclic amines) is 1. The third-order valence-corrected chi connectivity index (χ3v) is 7.22. The molecule has 2 aliphatic heterocycles. The molecule has 7 nitrogen and oxygen atoms in total. The fourth-order valence-electron chi connectivity index (χ4n) is 4.96. The van der Waals surface area contributed by atoms with Crippen molar-refractivity contribution in [2.75, 3.05) is 35.5 Å². The minimum atomic E-state index is -0.0791. The lowest BCUT2D eigenvalue weighted by atomic mass is 9.98. The molecule has 0 radical (unpaired) electrons. The Labute approximate surface area is 203 Å². The summed E-state index contributed by atoms with van der Waals surface area (Å²) in [6.45, 7) is 4.91. The topological polar surface area (TPSA) is 65.8 Å². The van der Waals surface area contributed by atoms with E-state index in [0.29, 0.717) is 17.1 Å². The molecule has 3 aromatic rings. The Morgan fingerprint density at radius 1 is 1.15 bits per heavy atom. The summed E-state index contributed by atoms with van der Waals surface area (Å²) in [5, 5.41) is 5.42. The molecule has 5 rings (SSSR count). The van der Waals surface area contributed by atoms with E-state index in [-0.39, 0.29) is 11.9 Å². The molecule has 0 spiro atoms. The minimum absolute atomic E-state index is 0.0160. The molecule has 1 atom stereocenters. The van der Waals surface area contributed by atoms with E-state index in [4.69, 9.17) is 21.7 Å². The molecule has 2 fully saturated rings. The smallest absolute Gasteiger partial charge is 0.256 e. The van der Waals surface area contributed by atoms with Crippen LogP contribution in [-0.4, -0.2) is 51.3 Å². The fraction of sp³-hybridized carbons (Fsp3) is 0.458. The summed E-state index contributed by atoms with van der Waals surface area (Å²) in [7, 11) is 0. The first-order chi connectivity index (χ1) is 16.0. The van der Waals surface area contributed by atoms with Gasteiger partial charge in [0.25, 0.3) is 5.91 Å². The Bertz CT molecular complexity index is 1180. The molecule has 174 valence electrons. The molecule has 2 aliphatic rings. The summed E-state index contributed by atoms with van der Waals surface area (Å²) in [5.41, 5.74) is 4.24. The monoisotopic (exact) mass is 484 g/mol. The van der Waals surface area contributed by atoms with E-state index in [1.807, 2.05) is 27.8 Å². The first-order valence-electron chi connectivity index (χ1n) is 11.6. The highest BCUT2D eigenvalue weighted by Gasteiger charge is 2.32. The van der Waals surface area contributed by atoms with Crippen LogP contribution in [0.2, 0.25) is 5.02 Å². The quantitative estimate of drug-likeness (QED) is 0.492. The average molecular weight is 485 g/mol. The molecule has 2 aromatic heterocycles. The normalized spacial score (nSPS) is 18.8. The predicted octanol–water partition coefficient (Wildman–Crippen LogP) is 5.35. The third kappa shape index (κ3) is 4.38. The van der Waals surface area contributed by atoms with Crippen molar-refractivity contribution < 1.29 is 4.79 Å². The van der Waals surface area contributed by atoms with Crippen molar-refractivity contribution >= 4 is 46.6 Å². The zero-order chi connectivity index (χ0) is 22.9. The van der Waals surface area contributed by atoms with E-state index >= 15 is 0 Å². The molecule has 1 unspecified atom stereocenters. The first kappa shape index (κ1) is 22.3. The SMILES string of the molecule is CSNc1ccc(Cl)cc1C(=O)N1CCCCC1c1cc2nc(N3CCCC3)c(C)cn2n1. The molecule has 1 amide bonds. The second-order valence-corrected chi connectivity index (χ2v) is 9.87. The van der Waals surface area contributed by atoms with Crippen LogP contribution in [0.4, 0.5) is 11.5 Å². The van der Waals surface area contributed by atoms with Crippen LogP contribution in [0, 0.1) is 6.92 Å². The number of benzene rings is 1. The van der Waals surface area contributed by atoms with Gasteiger partial charge in [-0.1, -0.05) is 23.5 Å². The van der Waals surface area contributed by atoms with Crippen molar-refractivity contribution in [3.63, 3.8) is 0 Å². The number of halogens is 1. The van der Waals surface area contributed by atoms with Gasteiger partial charge in [0.15, 0.2) is 5.65 Å². The highest BCUT2D eigenvalue weighted by atomic mass is 35.5. The van der Waals surface area contributed by atoms with Crippen molar-refractivity contribution in [2.45, 2.75) is 45.1 Å². The molecule has 0 aliphatic carbocycles. The number of nitrogens with zero attached hydrogens (tertiary/aromatic N) is 5. The summed E-state index contributed by atoms with van der Waals surface area (Å²) in [6, 6.07) is 7.39. The lowest BCUT2D eigenvalue weighted by Gasteiger charge is -2.35. The van der Waals surface area contributed by atoms with Gasteiger partial charge in [-0.15, -0.1) is 0 Å². The molecular weight excluding hydrogens is 456 g/mol. The number of fused-ring (bicyclic) bond motifs is 1. The lowest BCUT2D eigenvalue weighted by molar-refractivity contribution is 0.0607. The predicted molar refractivity (Wildman–Crippen MR) is 135 cm³/mol. The number of nitrogens with one attached hydrogen (secondary N) is 1. The Morgan fingerprint density at radius 3 is 2.73 bits per heavy atom. The number of rotatable bonds is 5. The number of carbonyl (C=O) groups is 1. The number of hydrogen-bond acceptors (Lipinski definition) is 6. The Morgan fingerprint density at radius 2 is 1.94 bits per heavy atom. The van der Waals surface area contributed by atoms with Gasteiger partial charge in [-0.2, -0.15) is 5.10 Å². The van der Waals surface area contributed by atoms with Crippen molar-refractivity contribution in [2.24, 2.45) is 0 Å². The maximum absolute atomic E-state index is 13.7. The average Bonchev–Trinajstić information content (AvgIpc) is 3.49. The zero-order valence-electron chi connectivity index (χ0n) is 19.1. The molecule has 9 heteroatoms. The number of aryl methyl sites for hydroxylation is 1. The van der Waals surface area contributed by atoms with Crippen LogP contribution in [0.5, 0.6) is 0 Å². The molecule has 0 bridgehead atoms. The van der Waals surface area contributed by atoms with E-state index in [1.54, 1.807) is 12.1 Å². The van der Waals surface area contributed by atoms with E-state index in [9.17, 15) is 4.79 Å². The van der Waals surface area contributed by atoms with E-state index in [2.05, 4.69) is 22.7 Å². The second-order valence-electron chi connectivity index (χ2n) is 8.82. The summed E-state index contributed by atoms with van der Waals surface area (Å²) in [5.74, 6) is 1.03. The Balaban J connectivity index is 1.49. The Hall–Kier alpha value is -2.45. The summed E-state index contributed by atoms with van der Waals surface area (Å²) in [6.07, 6.45) is 9.37. The van der Waals surface area contributed by atoms with Gasteiger partial charge in [0.1, 0.15) is 5.82 Å². The van der Waals surface area contributed by atoms with Gasteiger partial charge in [0.2, 0.25) is 0 Å². The standard InChI is InChI=1S/C24H29ClN6OS/c1-16-15-31-22(26-23(16)29-10-5-6-11-29)14-20(27-31)21-7-3-4-12-30(21)24(32)18-13-17(25)8-9-19(18)28-33-2/h8-9,13-15,21,28H,3-7,10-12H2,1-2H3. The van der Waals surface area contributed by atoms with Gasteiger partial charge in [0, 0.05) is 48.7 Å². The maximum Gasteiger partial charge on any atom is 0.256 e. The molecule has 0 saturated carbocycles. The van der Waals surface area contributed by atoms with Crippen LogP contribution in [0.1, 0.15) is 59.8 Å². The number of piperidine rings is 1. The lowest BCUT2D eigenvalue weighted by Crippen LogP contribution is -2.39. The van der Waals surface area contributed by atoms with E-state index < -0.39 is 0 Å². The fourth-order valence-corrected chi connectivity index (χ4v) is 5.53. The summed E-state index contributed by atoms with van der Waals surface area (Å²) >= 11 is 7.72. The molecule has 1 aromatic carbocycles. The van der Waals surface area contributed by atoms with Crippen molar-refractivity contribution in [1.82, 2.24) is 19.5 Å². The first-order valence-corrected chi connectivity index (χ1v) is 13.2. The third-order valence-electron chi connectivity index (χ3n) is 6.56. The summed E-state index contributed by atoms with van der Waals surface area (Å²) in [4.78, 5) is 22.9. The van der Waals surface area contributed by atoms with E-state index in [1.165, 1.54) is 24.8 Å². The summed E-state index contributed by atoms with van der Waals surface area (Å²) < 4.78 is 5.08. The Kier molecular flexibility index (Phi) is 6.38. The van der Waals surface area contributed by atoms with Gasteiger partial charge >= 0.3 is 0 Å². The number of anilines is 2. The largest absolute Gasteiger partial charge is 0.356 e. The number of amides is 1. The molecule has 1 N–H and O–H groups in total. The van der Waals surface area contributed by atoms with Gasteiger partial charge in [-0.25, -0.2) is 9.50 Å².